The Hall–Kier alpha value is -2.41. The van der Waals surface area contributed by atoms with Crippen LogP contribution in [-0.4, -0.2) is 0 Å². The van der Waals surface area contributed by atoms with Crippen LogP contribution < -0.4 is 4.57 Å². The number of aryl methyl sites for hydroxylation is 2. The molecule has 0 N–H and O–H groups in total. The summed E-state index contributed by atoms with van der Waals surface area (Å²) in [6, 6.07) is 17.8. The molecule has 2 aromatic carbocycles. The van der Waals surface area contributed by atoms with E-state index in [0.717, 1.165) is 34.9 Å². The number of pyridine rings is 1. The quantitative estimate of drug-likeness (QED) is 0.469. The van der Waals surface area contributed by atoms with E-state index in [2.05, 4.69) is 0 Å². The van der Waals surface area contributed by atoms with Crippen molar-refractivity contribution in [2.24, 2.45) is 12.9 Å². The highest BCUT2D eigenvalue weighted by Crippen LogP contribution is 2.36. The minimum Gasteiger partial charge on any atom is -0.201 e. The lowest BCUT2D eigenvalue weighted by molar-refractivity contribution is -0.660. The van der Waals surface area contributed by atoms with Gasteiger partial charge >= 0.3 is 0 Å². The maximum absolute atomic E-state index is 9.01. The van der Waals surface area contributed by atoms with Crippen LogP contribution in [0.15, 0.2) is 66.9 Å². The average Bonchev–Trinajstić information content (AvgIpc) is 2.83. The third-order valence-corrected chi connectivity index (χ3v) is 4.83. The van der Waals surface area contributed by atoms with Gasteiger partial charge in [-0.3, -0.25) is 0 Å². The van der Waals surface area contributed by atoms with Crippen LogP contribution in [0.1, 0.15) is 63.1 Å². The molecule has 1 aromatic heterocycles. The van der Waals surface area contributed by atoms with Crippen LogP contribution in [-0.2, 0) is 7.05 Å². The molecule has 138 valence electrons. The molecule has 0 atom stereocenters. The molecule has 3 aromatic rings. The molecule has 1 heteroatoms. The van der Waals surface area contributed by atoms with Crippen LogP contribution in [0.3, 0.4) is 0 Å². The fourth-order valence-corrected chi connectivity index (χ4v) is 3.23. The van der Waals surface area contributed by atoms with Crippen molar-refractivity contribution in [3.05, 3.63) is 78.0 Å². The van der Waals surface area contributed by atoms with Crippen molar-refractivity contribution in [2.75, 3.05) is 0 Å². The van der Waals surface area contributed by atoms with Crippen LogP contribution in [0.5, 0.6) is 0 Å². The number of rotatable bonds is 3. The van der Waals surface area contributed by atoms with Gasteiger partial charge in [0.05, 0.1) is 0 Å². The summed E-state index contributed by atoms with van der Waals surface area (Å²) >= 11 is 0. The van der Waals surface area contributed by atoms with Gasteiger partial charge in [-0.1, -0.05) is 62.1 Å². The van der Waals surface area contributed by atoms with Gasteiger partial charge in [0, 0.05) is 31.4 Å². The van der Waals surface area contributed by atoms with Crippen molar-refractivity contribution in [3.8, 4) is 22.4 Å². The summed E-state index contributed by atoms with van der Waals surface area (Å²) in [4.78, 5) is 0. The van der Waals surface area contributed by atoms with Crippen LogP contribution in [0.2, 0.25) is 0 Å². The Kier molecular flexibility index (Phi) is 2.75. The minimum absolute atomic E-state index is 0.199. The van der Waals surface area contributed by atoms with E-state index in [4.69, 9.17) is 13.7 Å². The predicted molar refractivity (Wildman–Crippen MR) is 114 cm³/mol. The molecule has 4 rings (SSSR count). The van der Waals surface area contributed by atoms with Crippen molar-refractivity contribution < 1.29 is 18.3 Å². The summed E-state index contributed by atoms with van der Waals surface area (Å²) in [7, 11) is 1.94. The lowest BCUT2D eigenvalue weighted by Gasteiger charge is -2.26. The molecule has 1 aliphatic carbocycles. The molecule has 0 amide bonds. The molecule has 0 saturated heterocycles. The zero-order valence-corrected chi connectivity index (χ0v) is 15.8. The zero-order chi connectivity index (χ0) is 27.8. The standard InChI is InChI=1S/C26H30N/c1-19-8-10-21(11-9-19)22-12-14-23(15-13-22)24-16-17-27(3)26(18-24)25-7-5-4-6-20(25)2/h4-7,12-19,21H,8-11H2,1-3H3/q+1/i8D2,9D2,10D2,11D2,19D,21D. The first-order valence-electron chi connectivity index (χ1n) is 14.0. The first-order chi connectivity index (χ1) is 16.9. The average molecular weight is 367 g/mol. The molecule has 1 nitrogen and oxygen atoms in total. The monoisotopic (exact) mass is 366 g/mol. The maximum Gasteiger partial charge on any atom is 0.213 e. The molecule has 0 unspecified atom stereocenters. The van der Waals surface area contributed by atoms with Crippen molar-refractivity contribution in [3.63, 3.8) is 0 Å². The van der Waals surface area contributed by atoms with Gasteiger partial charge in [-0.25, -0.2) is 4.57 Å². The summed E-state index contributed by atoms with van der Waals surface area (Å²) in [6.07, 6.45) is -10.9. The van der Waals surface area contributed by atoms with Crippen molar-refractivity contribution in [1.29, 1.82) is 0 Å². The van der Waals surface area contributed by atoms with Crippen LogP contribution in [0, 0.1) is 12.8 Å². The molecular weight excluding hydrogens is 326 g/mol. The molecule has 1 fully saturated rings. The molecular formula is C26H30N+. The Labute approximate surface area is 177 Å². The van der Waals surface area contributed by atoms with Crippen molar-refractivity contribution >= 4 is 0 Å². The fourth-order valence-electron chi connectivity index (χ4n) is 3.23. The fraction of sp³-hybridized carbons (Fsp3) is 0.346. The molecule has 0 spiro atoms. The number of hydrogen-bond donors (Lipinski definition) is 0. The highest BCUT2D eigenvalue weighted by Gasteiger charge is 2.20. The molecule has 1 aliphatic rings. The lowest BCUT2D eigenvalue weighted by atomic mass is 9.79. The summed E-state index contributed by atoms with van der Waals surface area (Å²) < 4.78 is 87.1. The van der Waals surface area contributed by atoms with Crippen LogP contribution >= 0.6 is 0 Å². The highest BCUT2D eigenvalue weighted by atomic mass is 14.9. The SMILES string of the molecule is [2H]C1([2H])C([2H])([2H])C([2H])(c2ccc(-c3cc[n+](C)c(-c4ccccc4C)c3)cc2)C([2H])([2H])C([2H])([2H])C1([2H])C. The van der Waals surface area contributed by atoms with Gasteiger partial charge in [0.15, 0.2) is 6.20 Å². The Morgan fingerprint density at radius 2 is 1.63 bits per heavy atom. The number of nitrogens with zero attached hydrogens (tertiary/aromatic N) is 1. The van der Waals surface area contributed by atoms with Crippen LogP contribution in [0.4, 0.5) is 0 Å². The van der Waals surface area contributed by atoms with Gasteiger partial charge in [-0.2, -0.15) is 0 Å². The Morgan fingerprint density at radius 1 is 0.926 bits per heavy atom. The van der Waals surface area contributed by atoms with Gasteiger partial charge in [-0.15, -0.1) is 0 Å². The van der Waals surface area contributed by atoms with E-state index < -0.39 is 37.3 Å². The summed E-state index contributed by atoms with van der Waals surface area (Å²) in [5.74, 6) is -5.76. The second kappa shape index (κ2) is 7.68. The molecule has 1 saturated carbocycles. The number of aromatic nitrogens is 1. The van der Waals surface area contributed by atoms with Gasteiger partial charge < -0.3 is 0 Å². The smallest absolute Gasteiger partial charge is 0.201 e. The Morgan fingerprint density at radius 3 is 2.33 bits per heavy atom. The summed E-state index contributed by atoms with van der Waals surface area (Å²) in [5.41, 5.74) is 4.48. The van der Waals surface area contributed by atoms with E-state index in [-0.39, 0.29) is 5.56 Å². The Balaban J connectivity index is 1.84. The molecule has 0 bridgehead atoms. The third-order valence-electron chi connectivity index (χ3n) is 4.83. The highest BCUT2D eigenvalue weighted by molar-refractivity contribution is 5.70. The van der Waals surface area contributed by atoms with Gasteiger partial charge in [0.25, 0.3) is 0 Å². The largest absolute Gasteiger partial charge is 0.213 e. The predicted octanol–water partition coefficient (Wildman–Crippen LogP) is 6.45. The lowest BCUT2D eigenvalue weighted by Crippen LogP contribution is -2.30. The van der Waals surface area contributed by atoms with Crippen LogP contribution in [0.25, 0.3) is 22.4 Å². The first kappa shape index (κ1) is 9.68. The third kappa shape index (κ3) is 3.83. The molecule has 0 radical (unpaired) electrons. The van der Waals surface area contributed by atoms with E-state index in [1.165, 1.54) is 12.1 Å². The minimum atomic E-state index is -3.23. The normalized spacial score (nSPS) is 38.2. The maximum atomic E-state index is 9.01. The first-order valence-corrected chi connectivity index (χ1v) is 9.03. The topological polar surface area (TPSA) is 3.88 Å². The van der Waals surface area contributed by atoms with E-state index >= 15 is 0 Å². The Bertz CT molecular complexity index is 1320. The molecule has 0 aliphatic heterocycles. The van der Waals surface area contributed by atoms with Crippen molar-refractivity contribution in [2.45, 2.75) is 45.2 Å². The van der Waals surface area contributed by atoms with E-state index in [0.29, 0.717) is 0 Å². The van der Waals surface area contributed by atoms with Gasteiger partial charge in [-0.05, 0) is 59.8 Å². The number of hydrogen-bond acceptors (Lipinski definition) is 0. The van der Waals surface area contributed by atoms with Gasteiger partial charge in [0.2, 0.25) is 5.69 Å². The van der Waals surface area contributed by atoms with E-state index in [9.17, 15) is 0 Å². The van der Waals surface area contributed by atoms with Gasteiger partial charge in [0.1, 0.15) is 7.05 Å². The number of benzene rings is 2. The van der Waals surface area contributed by atoms with E-state index in [1.54, 1.807) is 12.1 Å². The summed E-state index contributed by atoms with van der Waals surface area (Å²) in [6.45, 7) is 2.88. The summed E-state index contributed by atoms with van der Waals surface area (Å²) in [5, 5.41) is 0. The van der Waals surface area contributed by atoms with E-state index in [1.807, 2.05) is 61.1 Å². The second-order valence-corrected chi connectivity index (χ2v) is 6.80. The second-order valence-electron chi connectivity index (χ2n) is 6.80. The zero-order valence-electron chi connectivity index (χ0n) is 25.8. The molecule has 1 heterocycles. The molecule has 27 heavy (non-hydrogen) atoms. The van der Waals surface area contributed by atoms with Crippen molar-refractivity contribution in [1.82, 2.24) is 0 Å².